The van der Waals surface area contributed by atoms with Crippen molar-refractivity contribution in [3.05, 3.63) is 89.2 Å². The summed E-state index contributed by atoms with van der Waals surface area (Å²) in [5, 5.41) is 0. The Morgan fingerprint density at radius 1 is 1.00 bits per heavy atom. The van der Waals surface area contributed by atoms with Gasteiger partial charge in [0.2, 0.25) is 0 Å². The first-order chi connectivity index (χ1) is 13.3. The molecule has 0 spiro atoms. The molecule has 4 rings (SSSR count). The van der Waals surface area contributed by atoms with Crippen molar-refractivity contribution < 1.29 is 4.74 Å². The Hall–Kier alpha value is -2.52. The lowest BCUT2D eigenvalue weighted by atomic mass is 9.99. The van der Waals surface area contributed by atoms with Gasteiger partial charge in [0.05, 0.1) is 12.6 Å². The van der Waals surface area contributed by atoms with Gasteiger partial charge in [0.1, 0.15) is 5.75 Å². The largest absolute Gasteiger partial charge is 0.494 e. The molecular formula is C24H28N2O. The van der Waals surface area contributed by atoms with Crippen LogP contribution in [0.4, 0.5) is 0 Å². The van der Waals surface area contributed by atoms with Crippen LogP contribution in [0.3, 0.4) is 0 Å². The lowest BCUT2D eigenvalue weighted by Gasteiger charge is -2.31. The van der Waals surface area contributed by atoms with E-state index in [1.165, 1.54) is 22.4 Å². The normalized spacial score (nSPS) is 17.3. The highest BCUT2D eigenvalue weighted by Gasteiger charge is 2.28. The van der Waals surface area contributed by atoms with E-state index in [9.17, 15) is 0 Å². The first-order valence-electron chi connectivity index (χ1n) is 9.92. The number of benzene rings is 2. The van der Waals surface area contributed by atoms with Crippen LogP contribution in [-0.4, -0.2) is 22.6 Å². The van der Waals surface area contributed by atoms with Crippen LogP contribution in [0, 0.1) is 6.92 Å². The number of hydrogen-bond donors (Lipinski definition) is 0. The van der Waals surface area contributed by atoms with Gasteiger partial charge < -0.3 is 9.30 Å². The van der Waals surface area contributed by atoms with E-state index in [0.717, 1.165) is 31.8 Å². The van der Waals surface area contributed by atoms with Crippen molar-refractivity contribution in [2.75, 3.05) is 13.2 Å². The van der Waals surface area contributed by atoms with Crippen molar-refractivity contribution in [1.82, 2.24) is 9.47 Å². The van der Waals surface area contributed by atoms with Gasteiger partial charge in [0.15, 0.2) is 0 Å². The van der Waals surface area contributed by atoms with Crippen LogP contribution in [0.2, 0.25) is 0 Å². The van der Waals surface area contributed by atoms with Gasteiger partial charge in [-0.25, -0.2) is 0 Å². The Morgan fingerprint density at radius 2 is 1.89 bits per heavy atom. The molecule has 1 atom stereocenters. The molecule has 27 heavy (non-hydrogen) atoms. The fourth-order valence-corrected chi connectivity index (χ4v) is 4.18. The predicted molar refractivity (Wildman–Crippen MR) is 110 cm³/mol. The van der Waals surface area contributed by atoms with Crippen LogP contribution < -0.4 is 4.74 Å². The van der Waals surface area contributed by atoms with Gasteiger partial charge in [-0.05, 0) is 44.0 Å². The molecule has 1 aliphatic heterocycles. The zero-order valence-electron chi connectivity index (χ0n) is 16.3. The topological polar surface area (TPSA) is 17.4 Å². The molecule has 2 aromatic carbocycles. The first-order valence-corrected chi connectivity index (χ1v) is 9.92. The number of para-hydroxylation sites is 1. The maximum absolute atomic E-state index is 5.89. The fraction of sp³-hybridized carbons (Fsp3) is 0.333. The minimum absolute atomic E-state index is 0.261. The summed E-state index contributed by atoms with van der Waals surface area (Å²) in [6.07, 6.45) is 3.37. The molecule has 0 amide bonds. The molecule has 0 aliphatic carbocycles. The first kappa shape index (κ1) is 17.9. The van der Waals surface area contributed by atoms with Crippen molar-refractivity contribution in [2.45, 2.75) is 39.4 Å². The highest BCUT2D eigenvalue weighted by atomic mass is 16.5. The molecule has 3 aromatic rings. The molecule has 0 saturated heterocycles. The average molecular weight is 361 g/mol. The molecule has 3 heteroatoms. The minimum Gasteiger partial charge on any atom is -0.494 e. The molecule has 0 saturated carbocycles. The van der Waals surface area contributed by atoms with Crippen molar-refractivity contribution in [2.24, 2.45) is 0 Å². The Morgan fingerprint density at radius 3 is 2.74 bits per heavy atom. The lowest BCUT2D eigenvalue weighted by Crippen LogP contribution is -2.29. The van der Waals surface area contributed by atoms with Crippen LogP contribution >= 0.6 is 0 Å². The molecule has 3 nitrogen and oxygen atoms in total. The molecule has 1 aromatic heterocycles. The van der Waals surface area contributed by atoms with Gasteiger partial charge >= 0.3 is 0 Å². The van der Waals surface area contributed by atoms with E-state index in [1.54, 1.807) is 0 Å². The zero-order valence-corrected chi connectivity index (χ0v) is 16.3. The van der Waals surface area contributed by atoms with Crippen molar-refractivity contribution >= 4 is 0 Å². The molecule has 2 heterocycles. The Kier molecular flexibility index (Phi) is 5.30. The molecule has 1 aliphatic rings. The summed E-state index contributed by atoms with van der Waals surface area (Å²) in [4.78, 5) is 2.60. The average Bonchev–Trinajstić information content (AvgIpc) is 3.05. The molecule has 0 N–H and O–H groups in total. The molecular weight excluding hydrogens is 332 g/mol. The number of rotatable bonds is 5. The molecule has 0 fully saturated rings. The van der Waals surface area contributed by atoms with E-state index in [2.05, 4.69) is 83.3 Å². The highest BCUT2D eigenvalue weighted by Crippen LogP contribution is 2.34. The van der Waals surface area contributed by atoms with Gasteiger partial charge in [0, 0.05) is 37.1 Å². The van der Waals surface area contributed by atoms with Crippen molar-refractivity contribution in [3.8, 4) is 5.75 Å². The second-order valence-corrected chi connectivity index (χ2v) is 7.31. The maximum Gasteiger partial charge on any atom is 0.123 e. The van der Waals surface area contributed by atoms with E-state index in [0.29, 0.717) is 6.61 Å². The summed E-state index contributed by atoms with van der Waals surface area (Å²) in [6, 6.07) is 22.1. The lowest BCUT2D eigenvalue weighted by molar-refractivity contribution is 0.215. The summed E-state index contributed by atoms with van der Waals surface area (Å²) in [6.45, 7) is 7.95. The van der Waals surface area contributed by atoms with Crippen molar-refractivity contribution in [1.29, 1.82) is 0 Å². The number of fused-ring (bicyclic) bond motifs is 1. The Bertz CT molecular complexity index is 899. The monoisotopic (exact) mass is 360 g/mol. The third-order valence-electron chi connectivity index (χ3n) is 5.36. The quantitative estimate of drug-likeness (QED) is 0.623. The van der Waals surface area contributed by atoms with E-state index < -0.39 is 0 Å². The van der Waals surface area contributed by atoms with Gasteiger partial charge in [-0.1, -0.05) is 48.0 Å². The number of aryl methyl sites for hydroxylation is 2. The third kappa shape index (κ3) is 3.79. The highest BCUT2D eigenvalue weighted by molar-refractivity contribution is 5.36. The summed E-state index contributed by atoms with van der Waals surface area (Å²) >= 11 is 0. The summed E-state index contributed by atoms with van der Waals surface area (Å²) in [5.41, 5.74) is 5.32. The zero-order chi connectivity index (χ0) is 18.6. The third-order valence-corrected chi connectivity index (χ3v) is 5.36. The Labute approximate surface area is 162 Å². The predicted octanol–water partition coefficient (Wildman–Crippen LogP) is 5.19. The van der Waals surface area contributed by atoms with Crippen LogP contribution in [0.15, 0.2) is 66.9 Å². The van der Waals surface area contributed by atoms with E-state index in [-0.39, 0.29) is 6.04 Å². The number of hydrogen-bond acceptors (Lipinski definition) is 2. The molecule has 0 radical (unpaired) electrons. The Balaban J connectivity index is 1.74. The number of nitrogens with zero attached hydrogens (tertiary/aromatic N) is 2. The number of aromatic nitrogens is 1. The molecule has 1 unspecified atom stereocenters. The fourth-order valence-electron chi connectivity index (χ4n) is 4.18. The molecule has 0 bridgehead atoms. The number of ether oxygens (including phenoxy) is 1. The molecule has 140 valence electrons. The van der Waals surface area contributed by atoms with Crippen LogP contribution in [0.1, 0.15) is 41.8 Å². The smallest absolute Gasteiger partial charge is 0.123 e. The van der Waals surface area contributed by atoms with Gasteiger partial charge in [0.25, 0.3) is 0 Å². The minimum atomic E-state index is 0.261. The van der Waals surface area contributed by atoms with Crippen molar-refractivity contribution in [3.63, 3.8) is 0 Å². The van der Waals surface area contributed by atoms with E-state index in [1.807, 2.05) is 6.92 Å². The van der Waals surface area contributed by atoms with E-state index >= 15 is 0 Å². The summed E-state index contributed by atoms with van der Waals surface area (Å²) in [7, 11) is 0. The van der Waals surface area contributed by atoms with Crippen LogP contribution in [0.25, 0.3) is 0 Å². The SMILES string of the molecule is CCOc1ccccc1CN1CCCn2cccc2C1c1cccc(C)c1. The summed E-state index contributed by atoms with van der Waals surface area (Å²) < 4.78 is 8.31. The van der Waals surface area contributed by atoms with Crippen LogP contribution in [0.5, 0.6) is 5.75 Å². The standard InChI is InChI=1S/C24H28N2O/c1-3-27-23-13-5-4-10-21(23)18-26-16-8-15-25-14-7-12-22(25)24(26)20-11-6-9-19(2)17-20/h4-7,9-14,17,24H,3,8,15-16,18H2,1-2H3. The summed E-state index contributed by atoms with van der Waals surface area (Å²) in [5.74, 6) is 1.00. The second-order valence-electron chi connectivity index (χ2n) is 7.31. The van der Waals surface area contributed by atoms with Gasteiger partial charge in [-0.3, -0.25) is 4.90 Å². The van der Waals surface area contributed by atoms with E-state index in [4.69, 9.17) is 4.74 Å². The van der Waals surface area contributed by atoms with Gasteiger partial charge in [-0.2, -0.15) is 0 Å². The van der Waals surface area contributed by atoms with Gasteiger partial charge in [-0.15, -0.1) is 0 Å². The maximum atomic E-state index is 5.89. The second kappa shape index (κ2) is 8.01. The van der Waals surface area contributed by atoms with Crippen LogP contribution in [-0.2, 0) is 13.1 Å².